The van der Waals surface area contributed by atoms with Crippen molar-refractivity contribution in [3.8, 4) is 0 Å². The molecule has 128 valence electrons. The van der Waals surface area contributed by atoms with E-state index in [1.54, 1.807) is 0 Å². The Kier molecular flexibility index (Phi) is 5.67. The number of hydrogen-bond acceptors (Lipinski definition) is 1. The second kappa shape index (κ2) is 8.13. The van der Waals surface area contributed by atoms with Crippen LogP contribution in [0.4, 0.5) is 0 Å². The fourth-order valence-electron chi connectivity index (χ4n) is 3.17. The lowest BCUT2D eigenvalue weighted by Crippen LogP contribution is -2.31. The molecule has 1 nitrogen and oxygen atoms in total. The maximum absolute atomic E-state index is 4.34. The molecule has 0 unspecified atom stereocenters. The molecular formula is C24H27N. The van der Waals surface area contributed by atoms with Gasteiger partial charge in [-0.25, -0.2) is 0 Å². The van der Waals surface area contributed by atoms with E-state index in [-0.39, 0.29) is 0 Å². The summed E-state index contributed by atoms with van der Waals surface area (Å²) in [6.45, 7) is 10.9. The first-order valence-electron chi connectivity index (χ1n) is 9.08. The third-order valence-electron chi connectivity index (χ3n) is 4.82. The zero-order valence-corrected chi connectivity index (χ0v) is 15.3. The number of benzene rings is 3. The summed E-state index contributed by atoms with van der Waals surface area (Å²) in [5.41, 5.74) is 3.83. The predicted molar refractivity (Wildman–Crippen MR) is 110 cm³/mol. The summed E-state index contributed by atoms with van der Waals surface area (Å²) in [5, 5.41) is 2.57. The van der Waals surface area contributed by atoms with Crippen LogP contribution in [0.15, 0.2) is 79.4 Å². The smallest absolute Gasteiger partial charge is 0.0236 e. The van der Waals surface area contributed by atoms with Crippen LogP contribution in [-0.2, 0) is 6.54 Å². The minimum absolute atomic E-state index is 0.518. The van der Waals surface area contributed by atoms with Crippen LogP contribution in [0.5, 0.6) is 0 Å². The Balaban J connectivity index is 1.66. The molecule has 0 aliphatic heterocycles. The van der Waals surface area contributed by atoms with Gasteiger partial charge < -0.3 is 0 Å². The summed E-state index contributed by atoms with van der Waals surface area (Å²) in [5.74, 6) is 0. The molecule has 0 fully saturated rings. The highest BCUT2D eigenvalue weighted by Crippen LogP contribution is 2.23. The molecule has 3 aromatic carbocycles. The van der Waals surface area contributed by atoms with Gasteiger partial charge in [-0.15, -0.1) is 0 Å². The van der Waals surface area contributed by atoms with Crippen molar-refractivity contribution in [1.82, 2.24) is 4.90 Å². The molecule has 0 atom stereocenters. The van der Waals surface area contributed by atoms with Gasteiger partial charge in [0.15, 0.2) is 0 Å². The van der Waals surface area contributed by atoms with Crippen LogP contribution >= 0.6 is 0 Å². The molecule has 0 aliphatic carbocycles. The monoisotopic (exact) mass is 329 g/mol. The average molecular weight is 329 g/mol. The molecule has 0 spiro atoms. The van der Waals surface area contributed by atoms with Crippen LogP contribution in [0.2, 0.25) is 0 Å². The summed E-state index contributed by atoms with van der Waals surface area (Å²) in [4.78, 5) is 2.52. The minimum Gasteiger partial charge on any atom is -0.296 e. The lowest BCUT2D eigenvalue weighted by atomic mass is 10.00. The Morgan fingerprint density at radius 2 is 1.56 bits per heavy atom. The van der Waals surface area contributed by atoms with Crippen LogP contribution < -0.4 is 0 Å². The molecule has 0 heterocycles. The van der Waals surface area contributed by atoms with Crippen molar-refractivity contribution in [3.63, 3.8) is 0 Å². The molecule has 3 aromatic rings. The van der Waals surface area contributed by atoms with E-state index in [4.69, 9.17) is 0 Å². The largest absolute Gasteiger partial charge is 0.296 e. The highest BCUT2D eigenvalue weighted by Gasteiger charge is 2.11. The van der Waals surface area contributed by atoms with Crippen molar-refractivity contribution in [2.24, 2.45) is 0 Å². The lowest BCUT2D eigenvalue weighted by Gasteiger charge is -2.27. The highest BCUT2D eigenvalue weighted by atomic mass is 15.1. The first-order valence-corrected chi connectivity index (χ1v) is 9.08. The molecular weight excluding hydrogens is 302 g/mol. The predicted octanol–water partition coefficient (Wildman–Crippen LogP) is 6.15. The second-order valence-electron chi connectivity index (χ2n) is 6.97. The van der Waals surface area contributed by atoms with Crippen molar-refractivity contribution in [2.45, 2.75) is 32.9 Å². The van der Waals surface area contributed by atoms with E-state index in [1.165, 1.54) is 27.5 Å². The molecule has 0 aliphatic rings. The number of rotatable bonds is 7. The van der Waals surface area contributed by atoms with Crippen LogP contribution in [0.3, 0.4) is 0 Å². The highest BCUT2D eigenvalue weighted by molar-refractivity contribution is 5.86. The van der Waals surface area contributed by atoms with E-state index >= 15 is 0 Å². The van der Waals surface area contributed by atoms with Crippen molar-refractivity contribution in [3.05, 3.63) is 90.5 Å². The van der Waals surface area contributed by atoms with Crippen LogP contribution in [0.25, 0.3) is 16.3 Å². The summed E-state index contributed by atoms with van der Waals surface area (Å²) in [6.07, 6.45) is 0.989. The molecule has 3 rings (SSSR count). The summed E-state index contributed by atoms with van der Waals surface area (Å²) < 4.78 is 0. The third-order valence-corrected chi connectivity index (χ3v) is 4.82. The fourth-order valence-corrected chi connectivity index (χ4v) is 3.17. The molecule has 0 bridgehead atoms. The standard InChI is InChI=1S/C24H27N/c1-19(2)25(18-21-9-5-4-6-10-21)16-15-20(3)23-14-13-22-11-7-8-12-24(22)17-23/h4-14,17,19H,3,15-16,18H2,1-2H3. The average Bonchev–Trinajstić information content (AvgIpc) is 2.65. The topological polar surface area (TPSA) is 3.24 Å². The van der Waals surface area contributed by atoms with Gasteiger partial charge >= 0.3 is 0 Å². The van der Waals surface area contributed by atoms with Gasteiger partial charge in [0.05, 0.1) is 0 Å². The van der Waals surface area contributed by atoms with Gasteiger partial charge in [-0.05, 0) is 53.8 Å². The normalized spacial score (nSPS) is 11.4. The Bertz CT molecular complexity index is 833. The number of nitrogens with zero attached hydrogens (tertiary/aromatic N) is 1. The van der Waals surface area contributed by atoms with Crippen LogP contribution in [0.1, 0.15) is 31.4 Å². The molecule has 0 amide bonds. The Morgan fingerprint density at radius 3 is 2.28 bits per heavy atom. The zero-order valence-electron chi connectivity index (χ0n) is 15.3. The summed E-state index contributed by atoms with van der Waals surface area (Å²) in [6, 6.07) is 26.4. The lowest BCUT2D eigenvalue weighted by molar-refractivity contribution is 0.218. The first-order chi connectivity index (χ1) is 12.1. The van der Waals surface area contributed by atoms with Gasteiger partial charge in [0.25, 0.3) is 0 Å². The molecule has 0 N–H and O–H groups in total. The van der Waals surface area contributed by atoms with Crippen LogP contribution in [0, 0.1) is 0 Å². The van der Waals surface area contributed by atoms with E-state index in [0.29, 0.717) is 6.04 Å². The maximum Gasteiger partial charge on any atom is 0.0236 e. The molecule has 0 saturated heterocycles. The molecule has 0 radical (unpaired) electrons. The molecule has 0 aromatic heterocycles. The Hall–Kier alpha value is -2.38. The fraction of sp³-hybridized carbons (Fsp3) is 0.250. The number of hydrogen-bond donors (Lipinski definition) is 0. The van der Waals surface area contributed by atoms with Crippen LogP contribution in [-0.4, -0.2) is 17.5 Å². The minimum atomic E-state index is 0.518. The van der Waals surface area contributed by atoms with E-state index in [0.717, 1.165) is 19.5 Å². The number of fused-ring (bicyclic) bond motifs is 1. The molecule has 1 heteroatoms. The van der Waals surface area contributed by atoms with Crippen molar-refractivity contribution in [1.29, 1.82) is 0 Å². The van der Waals surface area contributed by atoms with Gasteiger partial charge in [0, 0.05) is 19.1 Å². The van der Waals surface area contributed by atoms with Gasteiger partial charge in [-0.1, -0.05) is 73.3 Å². The Morgan fingerprint density at radius 1 is 0.880 bits per heavy atom. The molecule has 0 saturated carbocycles. The first kappa shape index (κ1) is 17.4. The van der Waals surface area contributed by atoms with Crippen molar-refractivity contribution < 1.29 is 0 Å². The van der Waals surface area contributed by atoms with Gasteiger partial charge in [-0.3, -0.25) is 4.90 Å². The molecule has 25 heavy (non-hydrogen) atoms. The maximum atomic E-state index is 4.34. The SMILES string of the molecule is C=C(CCN(Cc1ccccc1)C(C)C)c1ccc2ccccc2c1. The summed E-state index contributed by atoms with van der Waals surface area (Å²) >= 11 is 0. The van der Waals surface area contributed by atoms with Crippen molar-refractivity contribution in [2.75, 3.05) is 6.54 Å². The van der Waals surface area contributed by atoms with Gasteiger partial charge in [0.2, 0.25) is 0 Å². The van der Waals surface area contributed by atoms with E-state index < -0.39 is 0 Å². The second-order valence-corrected chi connectivity index (χ2v) is 6.97. The third kappa shape index (κ3) is 4.58. The zero-order chi connectivity index (χ0) is 17.6. The van der Waals surface area contributed by atoms with E-state index in [1.807, 2.05) is 0 Å². The van der Waals surface area contributed by atoms with E-state index in [2.05, 4.69) is 98.1 Å². The summed E-state index contributed by atoms with van der Waals surface area (Å²) in [7, 11) is 0. The Labute approximate surface area is 151 Å². The van der Waals surface area contributed by atoms with Gasteiger partial charge in [-0.2, -0.15) is 0 Å². The quantitative estimate of drug-likeness (QED) is 0.502. The van der Waals surface area contributed by atoms with Crippen molar-refractivity contribution >= 4 is 16.3 Å². The van der Waals surface area contributed by atoms with Gasteiger partial charge in [0.1, 0.15) is 0 Å². The van der Waals surface area contributed by atoms with E-state index in [9.17, 15) is 0 Å².